The second kappa shape index (κ2) is 5.40. The van der Waals surface area contributed by atoms with Gasteiger partial charge in [0.1, 0.15) is 5.54 Å². The highest BCUT2D eigenvalue weighted by Crippen LogP contribution is 2.30. The van der Waals surface area contributed by atoms with Crippen molar-refractivity contribution in [2.24, 2.45) is 0 Å². The number of rotatable bonds is 4. The van der Waals surface area contributed by atoms with Crippen molar-refractivity contribution in [3.05, 3.63) is 71.8 Å². The molecule has 4 nitrogen and oxygen atoms in total. The number of carbonyl (C=O) groups excluding carboxylic acids is 2. The first-order valence-electron chi connectivity index (χ1n) is 6.94. The SMILES string of the molecule is O=C1NC(=O)[C@@](CCc2ccccc2)(c2ccccc2)N1. The highest BCUT2D eigenvalue weighted by molar-refractivity contribution is 6.07. The highest BCUT2D eigenvalue weighted by atomic mass is 16.2. The number of carbonyl (C=O) groups is 2. The molecule has 0 unspecified atom stereocenters. The van der Waals surface area contributed by atoms with Crippen molar-refractivity contribution in [2.45, 2.75) is 18.4 Å². The summed E-state index contributed by atoms with van der Waals surface area (Å²) in [6.45, 7) is 0. The van der Waals surface area contributed by atoms with Crippen LogP contribution in [0.2, 0.25) is 0 Å². The van der Waals surface area contributed by atoms with E-state index in [9.17, 15) is 9.59 Å². The molecular formula is C17H16N2O2. The van der Waals surface area contributed by atoms with Crippen LogP contribution in [-0.4, -0.2) is 11.9 Å². The summed E-state index contributed by atoms with van der Waals surface area (Å²) in [4.78, 5) is 23.9. The highest BCUT2D eigenvalue weighted by Gasteiger charge is 2.46. The number of imide groups is 1. The zero-order chi connectivity index (χ0) is 14.7. The summed E-state index contributed by atoms with van der Waals surface area (Å²) < 4.78 is 0. The third-order valence-corrected chi connectivity index (χ3v) is 3.84. The van der Waals surface area contributed by atoms with E-state index in [1.165, 1.54) is 0 Å². The van der Waals surface area contributed by atoms with Gasteiger partial charge in [0.05, 0.1) is 0 Å². The maximum absolute atomic E-state index is 12.3. The molecule has 3 rings (SSSR count). The Morgan fingerprint density at radius 1 is 0.857 bits per heavy atom. The van der Waals surface area contributed by atoms with E-state index < -0.39 is 11.6 Å². The van der Waals surface area contributed by atoms with Gasteiger partial charge in [-0.05, 0) is 24.0 Å². The minimum absolute atomic E-state index is 0.283. The van der Waals surface area contributed by atoms with Crippen molar-refractivity contribution in [3.8, 4) is 0 Å². The topological polar surface area (TPSA) is 58.2 Å². The van der Waals surface area contributed by atoms with E-state index in [4.69, 9.17) is 0 Å². The second-order valence-corrected chi connectivity index (χ2v) is 5.17. The molecule has 0 radical (unpaired) electrons. The quantitative estimate of drug-likeness (QED) is 0.845. The summed E-state index contributed by atoms with van der Waals surface area (Å²) >= 11 is 0. The summed E-state index contributed by atoms with van der Waals surface area (Å²) in [5.41, 5.74) is 0.972. The zero-order valence-electron chi connectivity index (χ0n) is 11.5. The molecule has 1 aliphatic heterocycles. The monoisotopic (exact) mass is 280 g/mol. The molecule has 0 saturated carbocycles. The van der Waals surface area contributed by atoms with Crippen LogP contribution in [0.3, 0.4) is 0 Å². The molecule has 2 N–H and O–H groups in total. The van der Waals surface area contributed by atoms with E-state index in [2.05, 4.69) is 10.6 Å². The predicted octanol–water partition coefficient (Wildman–Crippen LogP) is 2.35. The number of benzene rings is 2. The van der Waals surface area contributed by atoms with Crippen LogP contribution < -0.4 is 10.6 Å². The van der Waals surface area contributed by atoms with Crippen LogP contribution in [-0.2, 0) is 16.8 Å². The molecule has 0 aliphatic carbocycles. The maximum Gasteiger partial charge on any atom is 0.322 e. The normalized spacial score (nSPS) is 21.0. The molecule has 1 atom stereocenters. The van der Waals surface area contributed by atoms with Gasteiger partial charge in [0, 0.05) is 0 Å². The molecule has 1 aliphatic rings. The summed E-state index contributed by atoms with van der Waals surface area (Å²) in [6, 6.07) is 18.9. The Morgan fingerprint density at radius 3 is 2.05 bits per heavy atom. The van der Waals surface area contributed by atoms with Crippen LogP contribution >= 0.6 is 0 Å². The number of urea groups is 1. The Hall–Kier alpha value is -2.62. The summed E-state index contributed by atoms with van der Waals surface area (Å²) in [7, 11) is 0. The molecule has 0 spiro atoms. The Labute approximate surface area is 123 Å². The van der Waals surface area contributed by atoms with Crippen molar-refractivity contribution in [2.75, 3.05) is 0 Å². The minimum Gasteiger partial charge on any atom is -0.319 e. The van der Waals surface area contributed by atoms with Gasteiger partial charge < -0.3 is 5.32 Å². The van der Waals surface area contributed by atoms with Crippen molar-refractivity contribution in [3.63, 3.8) is 0 Å². The largest absolute Gasteiger partial charge is 0.322 e. The molecule has 4 heteroatoms. The molecule has 1 fully saturated rings. The summed E-state index contributed by atoms with van der Waals surface area (Å²) in [6.07, 6.45) is 1.24. The molecule has 2 aromatic carbocycles. The third kappa shape index (κ3) is 2.52. The smallest absolute Gasteiger partial charge is 0.319 e. The third-order valence-electron chi connectivity index (χ3n) is 3.84. The van der Waals surface area contributed by atoms with Crippen LogP contribution in [0.1, 0.15) is 17.5 Å². The Kier molecular flexibility index (Phi) is 3.44. The standard InChI is InChI=1S/C17H16N2O2/c20-15-17(19-16(21)18-15,14-9-5-2-6-10-14)12-11-13-7-3-1-4-8-13/h1-10H,11-12H2,(H2,18,19,20,21)/t17-/m1/s1. The molecule has 21 heavy (non-hydrogen) atoms. The van der Waals surface area contributed by atoms with E-state index in [1.807, 2.05) is 60.7 Å². The zero-order valence-corrected chi connectivity index (χ0v) is 11.5. The van der Waals surface area contributed by atoms with Gasteiger partial charge in [0.2, 0.25) is 0 Å². The molecule has 106 valence electrons. The number of aryl methyl sites for hydroxylation is 1. The first-order valence-corrected chi connectivity index (χ1v) is 6.94. The lowest BCUT2D eigenvalue weighted by Crippen LogP contribution is -2.44. The average Bonchev–Trinajstić information content (AvgIpc) is 2.82. The van der Waals surface area contributed by atoms with Crippen LogP contribution in [0.4, 0.5) is 4.79 Å². The molecule has 2 aromatic rings. The number of nitrogens with one attached hydrogen (secondary N) is 2. The Balaban J connectivity index is 1.91. The van der Waals surface area contributed by atoms with Crippen molar-refractivity contribution < 1.29 is 9.59 Å². The maximum atomic E-state index is 12.3. The van der Waals surface area contributed by atoms with E-state index in [-0.39, 0.29) is 5.91 Å². The van der Waals surface area contributed by atoms with Crippen molar-refractivity contribution in [1.82, 2.24) is 10.6 Å². The van der Waals surface area contributed by atoms with Crippen LogP contribution in [0.15, 0.2) is 60.7 Å². The summed E-state index contributed by atoms with van der Waals surface area (Å²) in [5.74, 6) is -0.283. The van der Waals surface area contributed by atoms with E-state index in [0.717, 1.165) is 11.1 Å². The predicted molar refractivity (Wildman–Crippen MR) is 79.6 cm³/mol. The fourth-order valence-electron chi connectivity index (χ4n) is 2.71. The van der Waals surface area contributed by atoms with E-state index >= 15 is 0 Å². The van der Waals surface area contributed by atoms with Gasteiger partial charge in [-0.25, -0.2) is 4.79 Å². The molecule has 3 amide bonds. The lowest BCUT2D eigenvalue weighted by molar-refractivity contribution is -0.124. The van der Waals surface area contributed by atoms with Gasteiger partial charge in [0.15, 0.2) is 0 Å². The van der Waals surface area contributed by atoms with Gasteiger partial charge in [0.25, 0.3) is 5.91 Å². The fraction of sp³-hybridized carbons (Fsp3) is 0.176. The molecule has 0 bridgehead atoms. The number of amides is 3. The van der Waals surface area contributed by atoms with Crippen molar-refractivity contribution >= 4 is 11.9 Å². The average molecular weight is 280 g/mol. The van der Waals surface area contributed by atoms with Crippen molar-refractivity contribution in [1.29, 1.82) is 0 Å². The number of hydrogen-bond donors (Lipinski definition) is 2. The molecular weight excluding hydrogens is 264 g/mol. The molecule has 0 aromatic heterocycles. The van der Waals surface area contributed by atoms with Gasteiger partial charge in [-0.2, -0.15) is 0 Å². The lowest BCUT2D eigenvalue weighted by atomic mass is 9.84. The fourth-order valence-corrected chi connectivity index (χ4v) is 2.71. The van der Waals surface area contributed by atoms with E-state index in [0.29, 0.717) is 12.8 Å². The van der Waals surface area contributed by atoms with E-state index in [1.54, 1.807) is 0 Å². The van der Waals surface area contributed by atoms with Gasteiger partial charge in [-0.3, -0.25) is 10.1 Å². The van der Waals surface area contributed by atoms with Crippen LogP contribution in [0.25, 0.3) is 0 Å². The first kappa shape index (κ1) is 13.4. The minimum atomic E-state index is -0.978. The van der Waals surface area contributed by atoms with Gasteiger partial charge >= 0.3 is 6.03 Å². The first-order chi connectivity index (χ1) is 10.2. The Morgan fingerprint density at radius 2 is 1.48 bits per heavy atom. The van der Waals surface area contributed by atoms with Gasteiger partial charge in [-0.1, -0.05) is 60.7 Å². The Bertz CT molecular complexity index is 655. The second-order valence-electron chi connectivity index (χ2n) is 5.17. The van der Waals surface area contributed by atoms with Crippen LogP contribution in [0, 0.1) is 0 Å². The molecule has 1 heterocycles. The number of hydrogen-bond acceptors (Lipinski definition) is 2. The van der Waals surface area contributed by atoms with Gasteiger partial charge in [-0.15, -0.1) is 0 Å². The van der Waals surface area contributed by atoms with Crippen LogP contribution in [0.5, 0.6) is 0 Å². The summed E-state index contributed by atoms with van der Waals surface area (Å²) in [5, 5.41) is 5.16. The lowest BCUT2D eigenvalue weighted by Gasteiger charge is -2.26. The molecule has 1 saturated heterocycles.